The number of nitrogens with one attached hydrogen (secondary N) is 2. The van der Waals surface area contributed by atoms with E-state index < -0.39 is 0 Å². The standard InChI is InChI=1S/C22H21N3O2/c1-14(26)24-16-7-4-6-15(12-16)13-23-22(27)21-17-8-2-3-10-19(17)25-20-11-5-9-18(20)21/h2-4,6-8,10,12H,5,9,11,13H2,1H3,(H,23,27)(H,24,26). The third kappa shape index (κ3) is 3.53. The first-order valence-corrected chi connectivity index (χ1v) is 9.17. The first-order valence-electron chi connectivity index (χ1n) is 9.17. The number of anilines is 1. The third-order valence-corrected chi connectivity index (χ3v) is 4.85. The molecule has 136 valence electrons. The Morgan fingerprint density at radius 3 is 2.78 bits per heavy atom. The summed E-state index contributed by atoms with van der Waals surface area (Å²) in [4.78, 5) is 29.0. The highest BCUT2D eigenvalue weighted by Crippen LogP contribution is 2.29. The summed E-state index contributed by atoms with van der Waals surface area (Å²) in [5.41, 5.74) is 5.42. The van der Waals surface area contributed by atoms with Crippen LogP contribution in [-0.2, 0) is 24.2 Å². The Bertz CT molecular complexity index is 1040. The van der Waals surface area contributed by atoms with Gasteiger partial charge in [-0.25, -0.2) is 0 Å². The second-order valence-electron chi connectivity index (χ2n) is 6.85. The average molecular weight is 359 g/mol. The highest BCUT2D eigenvalue weighted by atomic mass is 16.2. The minimum Gasteiger partial charge on any atom is -0.348 e. The van der Waals surface area contributed by atoms with Crippen LogP contribution in [0.5, 0.6) is 0 Å². The van der Waals surface area contributed by atoms with Crippen molar-refractivity contribution in [3.63, 3.8) is 0 Å². The number of amides is 2. The summed E-state index contributed by atoms with van der Waals surface area (Å²) in [6, 6.07) is 15.3. The SMILES string of the molecule is CC(=O)Nc1cccc(CNC(=O)c2c3c(nc4ccccc24)CCC3)c1. The Morgan fingerprint density at radius 2 is 1.93 bits per heavy atom. The van der Waals surface area contributed by atoms with Gasteiger partial charge in [0.1, 0.15) is 0 Å². The predicted molar refractivity (Wildman–Crippen MR) is 106 cm³/mol. The lowest BCUT2D eigenvalue weighted by atomic mass is 10.0. The van der Waals surface area contributed by atoms with Gasteiger partial charge in [-0.05, 0) is 48.6 Å². The molecule has 0 unspecified atom stereocenters. The number of aromatic nitrogens is 1. The van der Waals surface area contributed by atoms with Crippen LogP contribution in [0.4, 0.5) is 5.69 Å². The van der Waals surface area contributed by atoms with Crippen molar-refractivity contribution in [2.45, 2.75) is 32.7 Å². The number of rotatable bonds is 4. The van der Waals surface area contributed by atoms with E-state index in [2.05, 4.69) is 10.6 Å². The molecule has 2 aromatic carbocycles. The van der Waals surface area contributed by atoms with Crippen LogP contribution in [0.1, 0.15) is 40.5 Å². The van der Waals surface area contributed by atoms with E-state index in [1.807, 2.05) is 48.5 Å². The minimum atomic E-state index is -0.116. The number of hydrogen-bond acceptors (Lipinski definition) is 3. The molecule has 0 saturated carbocycles. The molecule has 2 N–H and O–H groups in total. The average Bonchev–Trinajstić information content (AvgIpc) is 3.12. The number of para-hydroxylation sites is 1. The fraction of sp³-hybridized carbons (Fsp3) is 0.227. The molecule has 4 rings (SSSR count). The van der Waals surface area contributed by atoms with Crippen LogP contribution in [-0.4, -0.2) is 16.8 Å². The van der Waals surface area contributed by atoms with Crippen LogP contribution in [0.25, 0.3) is 10.9 Å². The second kappa shape index (κ2) is 7.19. The summed E-state index contributed by atoms with van der Waals surface area (Å²) < 4.78 is 0. The van der Waals surface area contributed by atoms with Crippen molar-refractivity contribution in [2.75, 3.05) is 5.32 Å². The molecule has 0 fully saturated rings. The van der Waals surface area contributed by atoms with Gasteiger partial charge in [0.15, 0.2) is 0 Å². The molecule has 0 aliphatic heterocycles. The van der Waals surface area contributed by atoms with E-state index in [9.17, 15) is 9.59 Å². The lowest BCUT2D eigenvalue weighted by molar-refractivity contribution is -0.114. The first kappa shape index (κ1) is 17.2. The topological polar surface area (TPSA) is 71.1 Å². The van der Waals surface area contributed by atoms with Gasteiger partial charge in [0.2, 0.25) is 5.91 Å². The zero-order chi connectivity index (χ0) is 18.8. The molecule has 1 heterocycles. The Morgan fingerprint density at radius 1 is 1.07 bits per heavy atom. The maximum Gasteiger partial charge on any atom is 0.252 e. The van der Waals surface area contributed by atoms with Gasteiger partial charge in [0, 0.05) is 30.2 Å². The molecule has 0 spiro atoms. The molecular weight excluding hydrogens is 338 g/mol. The van der Waals surface area contributed by atoms with E-state index in [-0.39, 0.29) is 11.8 Å². The van der Waals surface area contributed by atoms with Crippen molar-refractivity contribution < 1.29 is 9.59 Å². The van der Waals surface area contributed by atoms with Gasteiger partial charge in [-0.1, -0.05) is 30.3 Å². The van der Waals surface area contributed by atoms with Gasteiger partial charge in [0.25, 0.3) is 5.91 Å². The number of carbonyl (C=O) groups is 2. The van der Waals surface area contributed by atoms with E-state index in [4.69, 9.17) is 4.98 Å². The zero-order valence-corrected chi connectivity index (χ0v) is 15.2. The van der Waals surface area contributed by atoms with Gasteiger partial charge in [-0.3, -0.25) is 14.6 Å². The third-order valence-electron chi connectivity index (χ3n) is 4.85. The summed E-state index contributed by atoms with van der Waals surface area (Å²) in [6.45, 7) is 1.88. The van der Waals surface area contributed by atoms with Crippen LogP contribution in [0.2, 0.25) is 0 Å². The molecule has 0 atom stereocenters. The summed E-state index contributed by atoms with van der Waals surface area (Å²) in [7, 11) is 0. The molecule has 2 amide bonds. The second-order valence-corrected chi connectivity index (χ2v) is 6.85. The summed E-state index contributed by atoms with van der Waals surface area (Å²) in [5.74, 6) is -0.188. The smallest absolute Gasteiger partial charge is 0.252 e. The number of aryl methyl sites for hydroxylation is 1. The lowest BCUT2D eigenvalue weighted by Gasteiger charge is -2.13. The molecule has 0 bridgehead atoms. The van der Waals surface area contributed by atoms with Crippen molar-refractivity contribution in [1.29, 1.82) is 0 Å². The van der Waals surface area contributed by atoms with E-state index in [1.165, 1.54) is 6.92 Å². The molecule has 27 heavy (non-hydrogen) atoms. The predicted octanol–water partition coefficient (Wildman–Crippen LogP) is 3.61. The van der Waals surface area contributed by atoms with Crippen molar-refractivity contribution in [3.05, 3.63) is 70.9 Å². The molecular formula is C22H21N3O2. The van der Waals surface area contributed by atoms with Crippen molar-refractivity contribution >= 4 is 28.4 Å². The van der Waals surface area contributed by atoms with Crippen molar-refractivity contribution in [1.82, 2.24) is 10.3 Å². The minimum absolute atomic E-state index is 0.0725. The van der Waals surface area contributed by atoms with Gasteiger partial charge < -0.3 is 10.6 Å². The highest BCUT2D eigenvalue weighted by Gasteiger charge is 2.23. The lowest BCUT2D eigenvalue weighted by Crippen LogP contribution is -2.24. The number of hydrogen-bond donors (Lipinski definition) is 2. The van der Waals surface area contributed by atoms with Crippen LogP contribution < -0.4 is 10.6 Å². The largest absolute Gasteiger partial charge is 0.348 e. The van der Waals surface area contributed by atoms with E-state index in [0.29, 0.717) is 6.54 Å². The molecule has 0 saturated heterocycles. The van der Waals surface area contributed by atoms with E-state index in [0.717, 1.165) is 58.2 Å². The van der Waals surface area contributed by atoms with E-state index in [1.54, 1.807) is 0 Å². The van der Waals surface area contributed by atoms with Crippen LogP contribution in [0.15, 0.2) is 48.5 Å². The van der Waals surface area contributed by atoms with E-state index >= 15 is 0 Å². The zero-order valence-electron chi connectivity index (χ0n) is 15.2. The van der Waals surface area contributed by atoms with Crippen LogP contribution in [0, 0.1) is 0 Å². The highest BCUT2D eigenvalue weighted by molar-refractivity contribution is 6.07. The Balaban J connectivity index is 1.60. The fourth-order valence-electron chi connectivity index (χ4n) is 3.70. The number of benzene rings is 2. The Kier molecular flexibility index (Phi) is 4.59. The molecule has 1 aliphatic rings. The van der Waals surface area contributed by atoms with Crippen LogP contribution >= 0.6 is 0 Å². The number of nitrogens with zero attached hydrogens (tertiary/aromatic N) is 1. The number of carbonyl (C=O) groups excluding carboxylic acids is 2. The quantitative estimate of drug-likeness (QED) is 0.747. The molecule has 0 radical (unpaired) electrons. The monoisotopic (exact) mass is 359 g/mol. The van der Waals surface area contributed by atoms with Crippen molar-refractivity contribution in [3.8, 4) is 0 Å². The number of pyridine rings is 1. The van der Waals surface area contributed by atoms with Gasteiger partial charge in [0.05, 0.1) is 11.1 Å². The Hall–Kier alpha value is -3.21. The Labute approximate surface area is 157 Å². The van der Waals surface area contributed by atoms with Gasteiger partial charge >= 0.3 is 0 Å². The summed E-state index contributed by atoms with van der Waals surface area (Å²) in [5, 5.41) is 6.71. The summed E-state index contributed by atoms with van der Waals surface area (Å²) >= 11 is 0. The maximum absolute atomic E-state index is 13.0. The molecule has 1 aromatic heterocycles. The number of fused-ring (bicyclic) bond motifs is 2. The van der Waals surface area contributed by atoms with Gasteiger partial charge in [-0.15, -0.1) is 0 Å². The summed E-state index contributed by atoms with van der Waals surface area (Å²) in [6.07, 6.45) is 2.87. The molecule has 1 aliphatic carbocycles. The molecule has 5 nitrogen and oxygen atoms in total. The normalized spacial score (nSPS) is 12.6. The van der Waals surface area contributed by atoms with Gasteiger partial charge in [-0.2, -0.15) is 0 Å². The fourth-order valence-corrected chi connectivity index (χ4v) is 3.70. The molecule has 3 aromatic rings. The van der Waals surface area contributed by atoms with Crippen molar-refractivity contribution in [2.24, 2.45) is 0 Å². The van der Waals surface area contributed by atoms with Crippen LogP contribution in [0.3, 0.4) is 0 Å². The first-order chi connectivity index (χ1) is 13.1. The maximum atomic E-state index is 13.0. The molecule has 5 heteroatoms.